The Bertz CT molecular complexity index is 885. The van der Waals surface area contributed by atoms with E-state index in [9.17, 15) is 14.4 Å². The Balaban J connectivity index is 1.84. The molecule has 1 N–H and O–H groups in total. The molecule has 0 bridgehead atoms. The minimum absolute atomic E-state index is 0.00230. The molecule has 2 aromatic heterocycles. The van der Waals surface area contributed by atoms with Crippen LogP contribution < -0.4 is 0 Å². The number of Topliss-reactive ketones (excluding diaryl/α,β-unsaturated/α-hetero) is 1. The van der Waals surface area contributed by atoms with Crippen LogP contribution in [0.5, 0.6) is 0 Å². The number of nitrogens with one attached hydrogen (secondary N) is 1. The maximum absolute atomic E-state index is 13.1. The van der Waals surface area contributed by atoms with Gasteiger partial charge in [0.25, 0.3) is 0 Å². The number of ether oxygens (including phenoxy) is 1. The van der Waals surface area contributed by atoms with Gasteiger partial charge in [0.05, 0.1) is 13.7 Å². The van der Waals surface area contributed by atoms with Gasteiger partial charge in [-0.2, -0.15) is 0 Å². The number of carbonyl (C=O) groups excluding carboxylic acids is 3. The van der Waals surface area contributed by atoms with Gasteiger partial charge in [-0.05, 0) is 43.9 Å². The van der Waals surface area contributed by atoms with Crippen molar-refractivity contribution >= 4 is 17.7 Å². The zero-order valence-electron chi connectivity index (χ0n) is 16.4. The average Bonchev–Trinajstić information content (AvgIpc) is 2.94. The number of aromatic nitrogens is 2. The van der Waals surface area contributed by atoms with E-state index in [1.807, 2.05) is 12.1 Å². The number of rotatable bonds is 7. The van der Waals surface area contributed by atoms with E-state index in [-0.39, 0.29) is 29.8 Å². The van der Waals surface area contributed by atoms with Gasteiger partial charge in [0.15, 0.2) is 5.78 Å². The highest BCUT2D eigenvalue weighted by atomic mass is 16.5. The minimum Gasteiger partial charge on any atom is -0.464 e. The maximum atomic E-state index is 13.1. The predicted molar refractivity (Wildman–Crippen MR) is 103 cm³/mol. The van der Waals surface area contributed by atoms with Crippen molar-refractivity contribution in [2.24, 2.45) is 5.92 Å². The van der Waals surface area contributed by atoms with Crippen LogP contribution in [0.2, 0.25) is 0 Å². The van der Waals surface area contributed by atoms with Gasteiger partial charge in [-0.15, -0.1) is 0 Å². The molecule has 148 valence electrons. The number of H-pyrrole nitrogens is 1. The average molecular weight is 383 g/mol. The van der Waals surface area contributed by atoms with Crippen LogP contribution in [0.1, 0.15) is 56.9 Å². The first-order chi connectivity index (χ1) is 13.4. The number of pyridine rings is 1. The number of nitrogens with zero attached hydrogens (tertiary/aromatic N) is 2. The van der Waals surface area contributed by atoms with E-state index in [0.717, 1.165) is 24.8 Å². The molecule has 0 atom stereocenters. The molecular formula is C21H25N3O4. The molecule has 2 aromatic rings. The molecule has 1 fully saturated rings. The molecule has 28 heavy (non-hydrogen) atoms. The van der Waals surface area contributed by atoms with Crippen molar-refractivity contribution in [2.45, 2.75) is 39.7 Å². The van der Waals surface area contributed by atoms with Gasteiger partial charge >= 0.3 is 5.97 Å². The van der Waals surface area contributed by atoms with Crippen LogP contribution in [-0.2, 0) is 16.1 Å². The van der Waals surface area contributed by atoms with Crippen LogP contribution in [0.4, 0.5) is 0 Å². The fraction of sp³-hybridized carbons (Fsp3) is 0.429. The fourth-order valence-electron chi connectivity index (χ4n) is 3.56. The summed E-state index contributed by atoms with van der Waals surface area (Å²) in [5, 5.41) is 0. The second-order valence-corrected chi connectivity index (χ2v) is 7.22. The Labute approximate surface area is 164 Å². The van der Waals surface area contributed by atoms with Gasteiger partial charge in [-0.1, -0.05) is 12.5 Å². The van der Waals surface area contributed by atoms with Gasteiger partial charge in [0, 0.05) is 36.1 Å². The van der Waals surface area contributed by atoms with Gasteiger partial charge in [-0.3, -0.25) is 14.6 Å². The lowest BCUT2D eigenvalue weighted by Crippen LogP contribution is -2.41. The fourth-order valence-corrected chi connectivity index (χ4v) is 3.56. The maximum Gasteiger partial charge on any atom is 0.354 e. The Morgan fingerprint density at radius 3 is 2.61 bits per heavy atom. The van der Waals surface area contributed by atoms with Crippen LogP contribution in [0, 0.1) is 19.8 Å². The van der Waals surface area contributed by atoms with Crippen LogP contribution in [0.3, 0.4) is 0 Å². The number of hydrogen-bond acceptors (Lipinski definition) is 5. The lowest BCUT2D eigenvalue weighted by atomic mass is 9.84. The standard InChI is InChI=1S/C21H25N3O4/c1-13-18(14(2)23-19(13)21(27)28-3)17(25)12-24(20(26)16-7-4-8-16)11-15-6-5-9-22-10-15/h5-6,9-10,16,23H,4,7-8,11-12H2,1-3H3. The third-order valence-corrected chi connectivity index (χ3v) is 5.30. The Hall–Kier alpha value is -2.96. The molecule has 0 aromatic carbocycles. The number of aryl methyl sites for hydroxylation is 1. The van der Waals surface area contributed by atoms with E-state index in [2.05, 4.69) is 9.97 Å². The summed E-state index contributed by atoms with van der Waals surface area (Å²) in [7, 11) is 1.30. The second-order valence-electron chi connectivity index (χ2n) is 7.22. The summed E-state index contributed by atoms with van der Waals surface area (Å²) in [6, 6.07) is 3.70. The molecule has 3 rings (SSSR count). The van der Waals surface area contributed by atoms with Crippen molar-refractivity contribution in [3.05, 3.63) is 52.6 Å². The SMILES string of the molecule is COC(=O)c1[nH]c(C)c(C(=O)CN(Cc2cccnc2)C(=O)C2CCC2)c1C. The Morgan fingerprint density at radius 2 is 2.04 bits per heavy atom. The highest BCUT2D eigenvalue weighted by molar-refractivity contribution is 6.04. The van der Waals surface area contributed by atoms with Crippen molar-refractivity contribution in [3.63, 3.8) is 0 Å². The zero-order chi connectivity index (χ0) is 20.3. The molecule has 7 nitrogen and oxygen atoms in total. The largest absolute Gasteiger partial charge is 0.464 e. The summed E-state index contributed by atoms with van der Waals surface area (Å²) in [5.74, 6) is -0.721. The molecule has 0 unspecified atom stereocenters. The van der Waals surface area contributed by atoms with Gasteiger partial charge in [-0.25, -0.2) is 4.79 Å². The first kappa shape index (κ1) is 19.8. The zero-order valence-corrected chi connectivity index (χ0v) is 16.4. The molecule has 2 heterocycles. The van der Waals surface area contributed by atoms with E-state index in [1.165, 1.54) is 7.11 Å². The summed E-state index contributed by atoms with van der Waals surface area (Å²) in [6.07, 6.45) is 6.15. The smallest absolute Gasteiger partial charge is 0.354 e. The number of methoxy groups -OCH3 is 1. The Morgan fingerprint density at radius 1 is 1.29 bits per heavy atom. The molecule has 7 heteroatoms. The lowest BCUT2D eigenvalue weighted by molar-refractivity contribution is -0.138. The third-order valence-electron chi connectivity index (χ3n) is 5.30. The minimum atomic E-state index is -0.516. The van der Waals surface area contributed by atoms with Crippen LogP contribution in [-0.4, -0.2) is 46.2 Å². The molecule has 1 saturated carbocycles. The van der Waals surface area contributed by atoms with Gasteiger partial charge in [0.1, 0.15) is 5.69 Å². The van der Waals surface area contributed by atoms with Crippen molar-refractivity contribution in [3.8, 4) is 0 Å². The second kappa shape index (κ2) is 8.37. The normalized spacial score (nSPS) is 13.7. The van der Waals surface area contributed by atoms with E-state index in [4.69, 9.17) is 4.74 Å². The van der Waals surface area contributed by atoms with E-state index in [1.54, 1.807) is 31.1 Å². The molecule has 1 aliphatic carbocycles. The quantitative estimate of drug-likeness (QED) is 0.586. The first-order valence-electron chi connectivity index (χ1n) is 9.40. The molecule has 0 aliphatic heterocycles. The number of esters is 1. The van der Waals surface area contributed by atoms with Gasteiger partial charge < -0.3 is 14.6 Å². The van der Waals surface area contributed by atoms with Crippen LogP contribution in [0.15, 0.2) is 24.5 Å². The summed E-state index contributed by atoms with van der Waals surface area (Å²) in [4.78, 5) is 46.5. The summed E-state index contributed by atoms with van der Waals surface area (Å²) in [6.45, 7) is 3.75. The number of aromatic amines is 1. The van der Waals surface area contributed by atoms with E-state index in [0.29, 0.717) is 23.4 Å². The highest BCUT2D eigenvalue weighted by Gasteiger charge is 2.32. The molecule has 1 amide bonds. The third kappa shape index (κ3) is 3.98. The van der Waals surface area contributed by atoms with E-state index >= 15 is 0 Å². The first-order valence-corrected chi connectivity index (χ1v) is 9.40. The number of amides is 1. The topological polar surface area (TPSA) is 92.4 Å². The summed E-state index contributed by atoms with van der Waals surface area (Å²) < 4.78 is 4.76. The van der Waals surface area contributed by atoms with E-state index < -0.39 is 5.97 Å². The Kier molecular flexibility index (Phi) is 5.92. The molecule has 0 spiro atoms. The van der Waals surface area contributed by atoms with Crippen molar-refractivity contribution in [1.82, 2.24) is 14.9 Å². The van der Waals surface area contributed by atoms with Crippen molar-refractivity contribution in [2.75, 3.05) is 13.7 Å². The summed E-state index contributed by atoms with van der Waals surface area (Å²) >= 11 is 0. The molecule has 1 aliphatic rings. The highest BCUT2D eigenvalue weighted by Crippen LogP contribution is 2.29. The molecule has 0 saturated heterocycles. The summed E-state index contributed by atoms with van der Waals surface area (Å²) in [5.41, 5.74) is 2.73. The molecular weight excluding hydrogens is 358 g/mol. The van der Waals surface area contributed by atoms with Crippen molar-refractivity contribution < 1.29 is 19.1 Å². The number of ketones is 1. The van der Waals surface area contributed by atoms with Crippen LogP contribution >= 0.6 is 0 Å². The monoisotopic (exact) mass is 383 g/mol. The molecule has 0 radical (unpaired) electrons. The van der Waals surface area contributed by atoms with Crippen molar-refractivity contribution in [1.29, 1.82) is 0 Å². The number of carbonyl (C=O) groups is 3. The van der Waals surface area contributed by atoms with Crippen LogP contribution in [0.25, 0.3) is 0 Å². The lowest BCUT2D eigenvalue weighted by Gasteiger charge is -2.31. The number of hydrogen-bond donors (Lipinski definition) is 1. The predicted octanol–water partition coefficient (Wildman–Crippen LogP) is 2.82. The van der Waals surface area contributed by atoms with Gasteiger partial charge in [0.2, 0.25) is 5.91 Å².